The second kappa shape index (κ2) is 5.99. The molecule has 0 radical (unpaired) electrons. The molecule has 0 saturated carbocycles. The predicted molar refractivity (Wildman–Crippen MR) is 64.9 cm³/mol. The molecule has 18 heavy (non-hydrogen) atoms. The van der Waals surface area contributed by atoms with Crippen molar-refractivity contribution >= 4 is 0 Å². The molecule has 104 valence electrons. The van der Waals surface area contributed by atoms with E-state index in [-0.39, 0.29) is 11.7 Å². The number of ether oxygens (including phenoxy) is 1. The predicted octanol–water partition coefficient (Wildman–Crippen LogP) is 1.14. The van der Waals surface area contributed by atoms with Crippen LogP contribution >= 0.6 is 0 Å². The molecule has 2 unspecified atom stereocenters. The van der Waals surface area contributed by atoms with E-state index < -0.39 is 10.9 Å². The molecule has 0 aromatic rings. The van der Waals surface area contributed by atoms with Crippen LogP contribution in [0.2, 0.25) is 0 Å². The number of rotatable bonds is 5. The molecule has 6 nitrogen and oxygen atoms in total. The summed E-state index contributed by atoms with van der Waals surface area (Å²) in [5.41, 5.74) is 0. The van der Waals surface area contributed by atoms with Gasteiger partial charge in [0.2, 0.25) is 5.82 Å². The van der Waals surface area contributed by atoms with Crippen molar-refractivity contribution < 1.29 is 14.1 Å². The highest BCUT2D eigenvalue weighted by atomic mass is 19.1. The maximum absolute atomic E-state index is 13.5. The SMILES string of the molecule is CC1COCC1CN(C)C(=C(F)[N+](=O)[O-])N(C)C. The monoisotopic (exact) mass is 261 g/mol. The van der Waals surface area contributed by atoms with Crippen LogP contribution < -0.4 is 0 Å². The van der Waals surface area contributed by atoms with E-state index in [1.807, 2.05) is 0 Å². The van der Waals surface area contributed by atoms with Gasteiger partial charge >= 0.3 is 5.95 Å². The fourth-order valence-corrected chi connectivity index (χ4v) is 2.14. The van der Waals surface area contributed by atoms with Crippen LogP contribution in [0.4, 0.5) is 4.39 Å². The summed E-state index contributed by atoms with van der Waals surface area (Å²) >= 11 is 0. The molecule has 0 N–H and O–H groups in total. The lowest BCUT2D eigenvalue weighted by Gasteiger charge is -2.28. The minimum Gasteiger partial charge on any atom is -0.381 e. The summed E-state index contributed by atoms with van der Waals surface area (Å²) < 4.78 is 18.9. The van der Waals surface area contributed by atoms with Crippen LogP contribution in [0.1, 0.15) is 6.92 Å². The van der Waals surface area contributed by atoms with Crippen LogP contribution in [0.3, 0.4) is 0 Å². The van der Waals surface area contributed by atoms with Crippen LogP contribution in [0.5, 0.6) is 0 Å². The van der Waals surface area contributed by atoms with Gasteiger partial charge < -0.3 is 14.5 Å². The largest absolute Gasteiger partial charge is 0.460 e. The smallest absolute Gasteiger partial charge is 0.381 e. The Morgan fingerprint density at radius 1 is 1.44 bits per heavy atom. The summed E-state index contributed by atoms with van der Waals surface area (Å²) in [6.45, 7) is 3.91. The molecular weight excluding hydrogens is 241 g/mol. The van der Waals surface area contributed by atoms with E-state index in [0.29, 0.717) is 25.7 Å². The normalized spacial score (nSPS) is 24.7. The zero-order valence-corrected chi connectivity index (χ0v) is 11.2. The molecule has 0 aliphatic carbocycles. The first-order valence-corrected chi connectivity index (χ1v) is 5.85. The first-order valence-electron chi connectivity index (χ1n) is 5.85. The lowest BCUT2D eigenvalue weighted by molar-refractivity contribution is -0.450. The summed E-state index contributed by atoms with van der Waals surface area (Å²) in [4.78, 5) is 12.5. The summed E-state index contributed by atoms with van der Waals surface area (Å²) in [6.07, 6.45) is 0. The first kappa shape index (κ1) is 14.7. The highest BCUT2D eigenvalue weighted by Crippen LogP contribution is 2.23. The topological polar surface area (TPSA) is 58.9 Å². The number of halogens is 1. The number of nitro groups is 1. The summed E-state index contributed by atoms with van der Waals surface area (Å²) in [7, 11) is 4.83. The summed E-state index contributed by atoms with van der Waals surface area (Å²) in [6, 6.07) is 0. The van der Waals surface area contributed by atoms with E-state index in [1.165, 1.54) is 4.90 Å². The second-order valence-electron chi connectivity index (χ2n) is 4.92. The van der Waals surface area contributed by atoms with Gasteiger partial charge in [0.15, 0.2) is 0 Å². The molecule has 0 bridgehead atoms. The van der Waals surface area contributed by atoms with Crippen LogP contribution in [0.15, 0.2) is 11.8 Å². The Kier molecular flexibility index (Phi) is 4.89. The van der Waals surface area contributed by atoms with Gasteiger partial charge in [-0.3, -0.25) is 10.1 Å². The van der Waals surface area contributed by atoms with Crippen molar-refractivity contribution in [3.63, 3.8) is 0 Å². The standard InChI is InChI=1S/C11H20FN3O3/c1-8-6-18-7-9(8)5-14(4)11(13(2)3)10(12)15(16)17/h8-9H,5-7H2,1-4H3. The Labute approximate surface area is 106 Å². The van der Waals surface area contributed by atoms with Gasteiger partial charge in [0, 0.05) is 40.2 Å². The van der Waals surface area contributed by atoms with Gasteiger partial charge in [-0.05, 0) is 5.92 Å². The zero-order valence-electron chi connectivity index (χ0n) is 11.2. The third-order valence-electron chi connectivity index (χ3n) is 3.16. The lowest BCUT2D eigenvalue weighted by Crippen LogP contribution is -2.35. The van der Waals surface area contributed by atoms with Crippen LogP contribution in [-0.2, 0) is 4.74 Å². The highest BCUT2D eigenvalue weighted by molar-refractivity contribution is 4.99. The van der Waals surface area contributed by atoms with Gasteiger partial charge in [-0.25, -0.2) is 0 Å². The fraction of sp³-hybridized carbons (Fsp3) is 0.818. The maximum Gasteiger partial charge on any atom is 0.460 e. The molecule has 1 heterocycles. The Balaban J connectivity index is 2.81. The van der Waals surface area contributed by atoms with Crippen LogP contribution in [-0.4, -0.2) is 55.6 Å². The minimum atomic E-state index is -1.32. The molecule has 1 aliphatic heterocycles. The molecule has 0 aromatic heterocycles. The van der Waals surface area contributed by atoms with Crippen molar-refractivity contribution in [3.05, 3.63) is 21.9 Å². The third-order valence-corrected chi connectivity index (χ3v) is 3.16. The van der Waals surface area contributed by atoms with Crippen LogP contribution in [0.25, 0.3) is 0 Å². The molecule has 7 heteroatoms. The number of hydrogen-bond donors (Lipinski definition) is 0. The molecule has 0 amide bonds. The van der Waals surface area contributed by atoms with E-state index in [9.17, 15) is 14.5 Å². The Morgan fingerprint density at radius 3 is 2.44 bits per heavy atom. The average molecular weight is 261 g/mol. The van der Waals surface area contributed by atoms with Crippen molar-refractivity contribution in [2.75, 3.05) is 40.9 Å². The molecule has 2 atom stereocenters. The van der Waals surface area contributed by atoms with E-state index >= 15 is 0 Å². The van der Waals surface area contributed by atoms with Gasteiger partial charge in [0.05, 0.1) is 11.5 Å². The number of hydrogen-bond acceptors (Lipinski definition) is 5. The fourth-order valence-electron chi connectivity index (χ4n) is 2.14. The molecule has 1 fully saturated rings. The quantitative estimate of drug-likeness (QED) is 0.422. The molecule has 0 spiro atoms. The van der Waals surface area contributed by atoms with Crippen molar-refractivity contribution in [1.29, 1.82) is 0 Å². The molecule has 1 saturated heterocycles. The van der Waals surface area contributed by atoms with Gasteiger partial charge in [0.1, 0.15) is 0 Å². The average Bonchev–Trinajstić information content (AvgIpc) is 2.63. The van der Waals surface area contributed by atoms with E-state index in [4.69, 9.17) is 4.74 Å². The zero-order chi connectivity index (χ0) is 13.9. The lowest BCUT2D eigenvalue weighted by atomic mass is 9.98. The van der Waals surface area contributed by atoms with Gasteiger partial charge in [-0.15, -0.1) is 4.39 Å². The van der Waals surface area contributed by atoms with Crippen molar-refractivity contribution in [2.45, 2.75) is 6.92 Å². The minimum absolute atomic E-state index is 0.0147. The molecule has 1 aliphatic rings. The molecule has 0 aromatic carbocycles. The molecule has 1 rings (SSSR count). The van der Waals surface area contributed by atoms with Gasteiger partial charge in [0.25, 0.3) is 0 Å². The van der Waals surface area contributed by atoms with Crippen molar-refractivity contribution in [2.24, 2.45) is 11.8 Å². The summed E-state index contributed by atoms with van der Waals surface area (Å²) in [5.74, 6) is -0.688. The Hall–Kier alpha value is -1.37. The van der Waals surface area contributed by atoms with Gasteiger partial charge in [-0.1, -0.05) is 6.92 Å². The molecular formula is C11H20FN3O3. The van der Waals surface area contributed by atoms with E-state index in [1.54, 1.807) is 26.0 Å². The van der Waals surface area contributed by atoms with Crippen molar-refractivity contribution in [3.8, 4) is 0 Å². The van der Waals surface area contributed by atoms with Crippen LogP contribution in [0, 0.1) is 22.0 Å². The van der Waals surface area contributed by atoms with E-state index in [2.05, 4.69) is 6.92 Å². The second-order valence-corrected chi connectivity index (χ2v) is 4.92. The van der Waals surface area contributed by atoms with Gasteiger partial charge in [-0.2, -0.15) is 0 Å². The highest BCUT2D eigenvalue weighted by Gasteiger charge is 2.30. The maximum atomic E-state index is 13.5. The Morgan fingerprint density at radius 2 is 2.06 bits per heavy atom. The first-order chi connectivity index (χ1) is 8.34. The summed E-state index contributed by atoms with van der Waals surface area (Å²) in [5, 5.41) is 10.5. The van der Waals surface area contributed by atoms with Crippen molar-refractivity contribution in [1.82, 2.24) is 9.80 Å². The Bertz CT molecular complexity index is 346. The van der Waals surface area contributed by atoms with E-state index in [0.717, 1.165) is 0 Å². The number of nitrogens with zero attached hydrogens (tertiary/aromatic N) is 3. The third kappa shape index (κ3) is 3.32.